The maximum Gasteiger partial charge on any atom is 0.322 e. The molecule has 0 aliphatic heterocycles. The Morgan fingerprint density at radius 3 is 1.93 bits per heavy atom. The molecule has 0 amide bonds. The molecule has 1 N–H and O–H groups in total. The van der Waals surface area contributed by atoms with Crippen LogP contribution in [0.2, 0.25) is 0 Å². The number of ether oxygens (including phenoxy) is 2. The monoisotopic (exact) mass is 232 g/mol. The lowest BCUT2D eigenvalue weighted by molar-refractivity contribution is -0.169. The highest BCUT2D eigenvalue weighted by Gasteiger charge is 2.52. The Kier molecular flexibility index (Phi) is 5.15. The van der Waals surface area contributed by atoms with Crippen LogP contribution in [0.5, 0.6) is 0 Å². The third kappa shape index (κ3) is 2.73. The molecule has 0 rings (SSSR count). The van der Waals surface area contributed by atoms with Gasteiger partial charge in [0.25, 0.3) is 0 Å². The molecule has 0 fully saturated rings. The summed E-state index contributed by atoms with van der Waals surface area (Å²) in [4.78, 5) is 9.13. The van der Waals surface area contributed by atoms with E-state index < -0.39 is 19.1 Å². The second-order valence-electron chi connectivity index (χ2n) is 2.66. The maximum atomic E-state index is 12.3. The van der Waals surface area contributed by atoms with Gasteiger partial charge in [-0.1, -0.05) is 0 Å². The summed E-state index contributed by atoms with van der Waals surface area (Å²) in [5.41, 5.74) is -2.12. The van der Waals surface area contributed by atoms with Crippen LogP contribution in [0.3, 0.4) is 0 Å². The van der Waals surface area contributed by atoms with E-state index in [4.69, 9.17) is 14.4 Å². The van der Waals surface area contributed by atoms with Crippen molar-refractivity contribution in [2.24, 2.45) is 0 Å². The number of rotatable bonds is 6. The van der Waals surface area contributed by atoms with E-state index in [0.29, 0.717) is 0 Å². The van der Waals surface area contributed by atoms with Gasteiger partial charge in [0.2, 0.25) is 5.53 Å². The van der Waals surface area contributed by atoms with Crippen molar-refractivity contribution >= 4 is 7.37 Å². The second kappa shape index (κ2) is 5.16. The zero-order chi connectivity index (χ0) is 11.4. The van der Waals surface area contributed by atoms with Crippen molar-refractivity contribution in [1.29, 1.82) is 0 Å². The number of hydrogen-bond donors (Lipinski definition) is 1. The van der Waals surface area contributed by atoms with Crippen LogP contribution in [0.25, 0.3) is 0 Å². The average molecular weight is 232 g/mol. The zero-order valence-electron chi connectivity index (χ0n) is 8.37. The molecule has 0 saturated heterocycles. The Morgan fingerprint density at radius 2 is 1.71 bits per heavy atom. The molecule has 0 aliphatic rings. The lowest BCUT2D eigenvalue weighted by Crippen LogP contribution is -2.34. The molecular formula is C7H15F2O4P. The van der Waals surface area contributed by atoms with Crippen molar-refractivity contribution in [3.05, 3.63) is 0 Å². The molecule has 0 heterocycles. The maximum absolute atomic E-state index is 12.3. The van der Waals surface area contributed by atoms with Crippen LogP contribution in [0.15, 0.2) is 0 Å². The highest BCUT2D eigenvalue weighted by Crippen LogP contribution is 2.60. The van der Waals surface area contributed by atoms with Crippen molar-refractivity contribution in [3.63, 3.8) is 0 Å². The van der Waals surface area contributed by atoms with Crippen molar-refractivity contribution in [1.82, 2.24) is 0 Å². The first-order chi connectivity index (χ1) is 6.31. The van der Waals surface area contributed by atoms with E-state index in [1.807, 2.05) is 0 Å². The topological polar surface area (TPSA) is 55.8 Å². The molecule has 0 aromatic rings. The first kappa shape index (κ1) is 14.0. The first-order valence-corrected chi connectivity index (χ1v) is 5.93. The zero-order valence-corrected chi connectivity index (χ0v) is 9.26. The number of hydrogen-bond acceptors (Lipinski definition) is 3. The smallest absolute Gasteiger partial charge is 0.322 e. The molecule has 0 saturated carbocycles. The highest BCUT2D eigenvalue weighted by atomic mass is 31.2. The van der Waals surface area contributed by atoms with Gasteiger partial charge >= 0.3 is 13.5 Å². The molecule has 0 aromatic heterocycles. The minimum atomic E-state index is -4.80. The Hall–Kier alpha value is -0.0300. The average Bonchev–Trinajstić information content (AvgIpc) is 2.04. The molecule has 0 spiro atoms. The van der Waals surface area contributed by atoms with E-state index in [2.05, 4.69) is 0 Å². The van der Waals surface area contributed by atoms with Gasteiger partial charge < -0.3 is 14.4 Å². The van der Waals surface area contributed by atoms with E-state index in [1.54, 1.807) is 0 Å². The summed E-state index contributed by atoms with van der Waals surface area (Å²) in [6.45, 7) is 4.15. The molecule has 0 aliphatic carbocycles. The largest absolute Gasteiger partial charge is 0.342 e. The summed E-state index contributed by atoms with van der Waals surface area (Å²) < 4.78 is 45.4. The summed E-state index contributed by atoms with van der Waals surface area (Å²) in [6.07, 6.45) is -3.37. The van der Waals surface area contributed by atoms with Crippen molar-refractivity contribution in [2.75, 3.05) is 13.2 Å². The fraction of sp³-hybridized carbons (Fsp3) is 1.00. The van der Waals surface area contributed by atoms with Gasteiger partial charge in [-0.2, -0.15) is 8.78 Å². The predicted molar refractivity (Wildman–Crippen MR) is 47.5 cm³/mol. The van der Waals surface area contributed by atoms with Gasteiger partial charge in [-0.05, 0) is 20.8 Å². The quantitative estimate of drug-likeness (QED) is 0.563. The van der Waals surface area contributed by atoms with Crippen LogP contribution in [-0.2, 0) is 14.0 Å². The van der Waals surface area contributed by atoms with Crippen molar-refractivity contribution in [3.8, 4) is 0 Å². The Bertz CT molecular complexity index is 216. The second-order valence-corrected chi connectivity index (χ2v) is 5.11. The third-order valence-corrected chi connectivity index (χ3v) is 3.62. The lowest BCUT2D eigenvalue weighted by atomic mass is 10.7. The van der Waals surface area contributed by atoms with Crippen molar-refractivity contribution in [2.45, 2.75) is 32.5 Å². The molecule has 4 nitrogen and oxygen atoms in total. The summed E-state index contributed by atoms with van der Waals surface area (Å²) in [6, 6.07) is 0. The summed E-state index contributed by atoms with van der Waals surface area (Å²) in [5.74, 6) is 0. The molecule has 14 heavy (non-hydrogen) atoms. The fourth-order valence-corrected chi connectivity index (χ4v) is 1.92. The number of halogens is 2. The fourth-order valence-electron chi connectivity index (χ4n) is 0.940. The van der Waals surface area contributed by atoms with Crippen LogP contribution in [0.1, 0.15) is 20.8 Å². The third-order valence-electron chi connectivity index (χ3n) is 1.67. The summed E-state index contributed by atoms with van der Waals surface area (Å²) in [7, 11) is -4.80. The summed E-state index contributed by atoms with van der Waals surface area (Å²) >= 11 is 0. The Balaban J connectivity index is 4.88. The highest BCUT2D eigenvalue weighted by molar-refractivity contribution is 7.59. The van der Waals surface area contributed by atoms with Gasteiger partial charge in [0.05, 0.1) is 0 Å². The van der Waals surface area contributed by atoms with Crippen LogP contribution < -0.4 is 0 Å². The molecule has 0 bridgehead atoms. The molecule has 0 aromatic carbocycles. The van der Waals surface area contributed by atoms with Crippen LogP contribution >= 0.6 is 7.37 Å². The van der Waals surface area contributed by atoms with E-state index in [9.17, 15) is 13.3 Å². The van der Waals surface area contributed by atoms with Crippen LogP contribution in [0, 0.1) is 0 Å². The lowest BCUT2D eigenvalue weighted by Gasteiger charge is -2.32. The molecule has 86 valence electrons. The van der Waals surface area contributed by atoms with E-state index in [1.165, 1.54) is 13.8 Å². The van der Waals surface area contributed by atoms with E-state index in [-0.39, 0.29) is 13.2 Å². The van der Waals surface area contributed by atoms with Crippen LogP contribution in [0.4, 0.5) is 8.78 Å². The molecular weight excluding hydrogens is 217 g/mol. The van der Waals surface area contributed by atoms with Gasteiger partial charge in [-0.15, -0.1) is 0 Å². The Labute approximate surface area is 81.7 Å². The van der Waals surface area contributed by atoms with Gasteiger partial charge in [-0.25, -0.2) is 0 Å². The van der Waals surface area contributed by atoms with Gasteiger partial charge in [0.15, 0.2) is 0 Å². The molecule has 1 atom stereocenters. The standard InChI is InChI=1S/C7H15F2O4P/c1-4-12-7(3,13-5-2)14(10,11)6(8)9/h6H,4-5H2,1-3H3,(H,10,11). The SMILES string of the molecule is CCOC(C)(OCC)P(=O)(O)C(F)F. The Morgan fingerprint density at radius 1 is 1.36 bits per heavy atom. The summed E-state index contributed by atoms with van der Waals surface area (Å²) in [5, 5.41) is 0. The molecule has 7 heteroatoms. The number of alkyl halides is 2. The molecule has 0 radical (unpaired) electrons. The minimum Gasteiger partial charge on any atom is -0.342 e. The van der Waals surface area contributed by atoms with Gasteiger partial charge in [0.1, 0.15) is 0 Å². The van der Waals surface area contributed by atoms with Crippen molar-refractivity contribution < 1.29 is 27.7 Å². The molecule has 1 unspecified atom stereocenters. The first-order valence-electron chi connectivity index (χ1n) is 4.20. The van der Waals surface area contributed by atoms with Gasteiger partial charge in [-0.3, -0.25) is 4.57 Å². The van der Waals surface area contributed by atoms with Gasteiger partial charge in [0, 0.05) is 13.2 Å². The van der Waals surface area contributed by atoms with Crippen LogP contribution in [-0.4, -0.2) is 29.8 Å². The van der Waals surface area contributed by atoms with E-state index >= 15 is 0 Å². The minimum absolute atomic E-state index is 0.0216. The van der Waals surface area contributed by atoms with E-state index in [0.717, 1.165) is 6.92 Å². The predicted octanol–water partition coefficient (Wildman–Crippen LogP) is 2.23. The normalized spacial score (nSPS) is 17.1.